The summed E-state index contributed by atoms with van der Waals surface area (Å²) in [5, 5.41) is 18.3. The molecule has 0 saturated carbocycles. The Morgan fingerprint density at radius 3 is 2.04 bits per heavy atom. The SMILES string of the molecule is COc1cc(OC)c(C2=C(Cl)C(=O)C(Cl)(CC(O)CO)C2=O)c(OC)c1. The number of alkyl halides is 1. The number of hydrogen-bond acceptors (Lipinski definition) is 7. The van der Waals surface area contributed by atoms with Crippen molar-refractivity contribution in [3.05, 3.63) is 22.7 Å². The quantitative estimate of drug-likeness (QED) is 0.524. The third-order valence-electron chi connectivity index (χ3n) is 4.06. The molecule has 0 saturated heterocycles. The molecule has 1 aliphatic carbocycles. The van der Waals surface area contributed by atoms with Crippen molar-refractivity contribution < 1.29 is 34.0 Å². The topological polar surface area (TPSA) is 102 Å². The van der Waals surface area contributed by atoms with Gasteiger partial charge in [0, 0.05) is 18.6 Å². The lowest BCUT2D eigenvalue weighted by Gasteiger charge is -2.21. The molecule has 1 aromatic rings. The Labute approximate surface area is 160 Å². The van der Waals surface area contributed by atoms with Crippen LogP contribution in [0.2, 0.25) is 0 Å². The first-order valence-electron chi connectivity index (χ1n) is 7.52. The number of carbonyl (C=O) groups is 2. The lowest BCUT2D eigenvalue weighted by molar-refractivity contribution is -0.125. The van der Waals surface area contributed by atoms with Gasteiger partial charge in [0.05, 0.1) is 50.2 Å². The zero-order valence-corrected chi connectivity index (χ0v) is 15.8. The Morgan fingerprint density at radius 2 is 1.62 bits per heavy atom. The largest absolute Gasteiger partial charge is 0.496 e. The summed E-state index contributed by atoms with van der Waals surface area (Å²) < 4.78 is 15.7. The molecule has 26 heavy (non-hydrogen) atoms. The minimum absolute atomic E-state index is 0.153. The highest BCUT2D eigenvalue weighted by Gasteiger charge is 2.55. The van der Waals surface area contributed by atoms with Gasteiger partial charge in [0.25, 0.3) is 0 Å². The highest BCUT2D eigenvalue weighted by molar-refractivity contribution is 6.69. The molecule has 0 aromatic heterocycles. The van der Waals surface area contributed by atoms with Crippen LogP contribution in [0.3, 0.4) is 0 Å². The Balaban J connectivity index is 2.65. The van der Waals surface area contributed by atoms with Crippen LogP contribution in [-0.2, 0) is 9.59 Å². The van der Waals surface area contributed by atoms with Crippen molar-refractivity contribution in [2.45, 2.75) is 17.4 Å². The number of allylic oxidation sites excluding steroid dienone is 2. The molecule has 0 radical (unpaired) electrons. The zero-order valence-electron chi connectivity index (χ0n) is 14.3. The van der Waals surface area contributed by atoms with Crippen molar-refractivity contribution in [3.8, 4) is 17.2 Å². The second-order valence-electron chi connectivity index (χ2n) is 5.60. The fraction of sp³-hybridized carbons (Fsp3) is 0.412. The van der Waals surface area contributed by atoms with Crippen LogP contribution in [0, 0.1) is 0 Å². The highest BCUT2D eigenvalue weighted by Crippen LogP contribution is 2.49. The van der Waals surface area contributed by atoms with E-state index < -0.39 is 40.6 Å². The number of ketones is 2. The van der Waals surface area contributed by atoms with Gasteiger partial charge in [0.2, 0.25) is 5.78 Å². The predicted molar refractivity (Wildman–Crippen MR) is 95.2 cm³/mol. The first kappa shape index (κ1) is 20.5. The Kier molecular flexibility index (Phi) is 6.18. The van der Waals surface area contributed by atoms with E-state index in [4.69, 9.17) is 42.5 Å². The molecule has 0 amide bonds. The van der Waals surface area contributed by atoms with Crippen molar-refractivity contribution >= 4 is 40.3 Å². The molecule has 2 N–H and O–H groups in total. The number of Topliss-reactive ketones (excluding diaryl/α,β-unsaturated/α-hetero) is 2. The molecule has 7 nitrogen and oxygen atoms in total. The minimum Gasteiger partial charge on any atom is -0.496 e. The lowest BCUT2D eigenvalue weighted by atomic mass is 9.92. The molecular formula is C17H18Cl2O7. The van der Waals surface area contributed by atoms with Gasteiger partial charge in [-0.1, -0.05) is 11.6 Å². The van der Waals surface area contributed by atoms with E-state index in [9.17, 15) is 14.7 Å². The molecule has 1 aliphatic rings. The third-order valence-corrected chi connectivity index (χ3v) is 4.92. The molecule has 9 heteroatoms. The molecule has 2 unspecified atom stereocenters. The fourth-order valence-electron chi connectivity index (χ4n) is 2.74. The maximum Gasteiger partial charge on any atom is 0.203 e. The summed E-state index contributed by atoms with van der Waals surface area (Å²) in [6.07, 6.45) is -1.84. The van der Waals surface area contributed by atoms with Crippen LogP contribution in [0.1, 0.15) is 12.0 Å². The summed E-state index contributed by atoms with van der Waals surface area (Å²) >= 11 is 12.4. The average Bonchev–Trinajstić information content (AvgIpc) is 2.81. The van der Waals surface area contributed by atoms with Gasteiger partial charge in [0.1, 0.15) is 17.2 Å². The normalized spacial score (nSPS) is 21.2. The second kappa shape index (κ2) is 7.84. The van der Waals surface area contributed by atoms with E-state index in [0.29, 0.717) is 5.75 Å². The molecule has 2 rings (SSSR count). The number of ether oxygens (including phenoxy) is 3. The van der Waals surface area contributed by atoms with Crippen LogP contribution in [0.25, 0.3) is 5.57 Å². The van der Waals surface area contributed by atoms with Gasteiger partial charge < -0.3 is 24.4 Å². The number of aliphatic hydroxyl groups excluding tert-OH is 2. The van der Waals surface area contributed by atoms with Gasteiger partial charge >= 0.3 is 0 Å². The molecule has 0 fully saturated rings. The zero-order chi connectivity index (χ0) is 19.6. The number of methoxy groups -OCH3 is 3. The summed E-state index contributed by atoms with van der Waals surface area (Å²) in [6, 6.07) is 3.01. The van der Waals surface area contributed by atoms with Crippen LogP contribution < -0.4 is 14.2 Å². The number of benzene rings is 1. The summed E-state index contributed by atoms with van der Waals surface area (Å²) in [5.41, 5.74) is -0.0201. The van der Waals surface area contributed by atoms with Crippen LogP contribution >= 0.6 is 23.2 Å². The number of aliphatic hydroxyl groups is 2. The first-order valence-corrected chi connectivity index (χ1v) is 8.28. The maximum absolute atomic E-state index is 13.0. The fourth-order valence-corrected chi connectivity index (χ4v) is 3.50. The van der Waals surface area contributed by atoms with Crippen molar-refractivity contribution in [1.29, 1.82) is 0 Å². The standard InChI is InChI=1S/C17H18Cl2O7/c1-24-9-4-10(25-2)12(11(5-9)26-3)13-14(18)16(23)17(19,15(13)22)6-8(21)7-20/h4-5,8,20-21H,6-7H2,1-3H3. The van der Waals surface area contributed by atoms with Crippen LogP contribution in [0.15, 0.2) is 17.2 Å². The number of halogens is 2. The van der Waals surface area contributed by atoms with Crippen LogP contribution in [-0.4, -0.2) is 60.7 Å². The van der Waals surface area contributed by atoms with Gasteiger partial charge in [-0.15, -0.1) is 11.6 Å². The first-order chi connectivity index (χ1) is 12.2. The smallest absolute Gasteiger partial charge is 0.203 e. The maximum atomic E-state index is 13.0. The van der Waals surface area contributed by atoms with E-state index in [1.165, 1.54) is 33.5 Å². The van der Waals surface area contributed by atoms with Crippen molar-refractivity contribution in [2.75, 3.05) is 27.9 Å². The molecule has 0 aliphatic heterocycles. The van der Waals surface area contributed by atoms with E-state index in [0.717, 1.165) is 0 Å². The summed E-state index contributed by atoms with van der Waals surface area (Å²) in [5.74, 6) is -0.862. The summed E-state index contributed by atoms with van der Waals surface area (Å²) in [6.45, 7) is -0.656. The molecule has 0 heterocycles. The van der Waals surface area contributed by atoms with Gasteiger partial charge in [0.15, 0.2) is 10.7 Å². The molecule has 1 aromatic carbocycles. The van der Waals surface area contributed by atoms with Crippen molar-refractivity contribution in [1.82, 2.24) is 0 Å². The predicted octanol–water partition coefficient (Wildman–Crippen LogP) is 1.53. The van der Waals surface area contributed by atoms with E-state index >= 15 is 0 Å². The molecule has 142 valence electrons. The molecule has 0 spiro atoms. The van der Waals surface area contributed by atoms with Crippen LogP contribution in [0.4, 0.5) is 0 Å². The van der Waals surface area contributed by atoms with Gasteiger partial charge in [-0.3, -0.25) is 9.59 Å². The van der Waals surface area contributed by atoms with E-state index in [2.05, 4.69) is 0 Å². The molecular weight excluding hydrogens is 387 g/mol. The number of carbonyl (C=O) groups excluding carboxylic acids is 2. The Morgan fingerprint density at radius 1 is 1.08 bits per heavy atom. The lowest BCUT2D eigenvalue weighted by Crippen LogP contribution is -2.40. The second-order valence-corrected chi connectivity index (χ2v) is 6.62. The number of rotatable bonds is 7. The Bertz CT molecular complexity index is 749. The summed E-state index contributed by atoms with van der Waals surface area (Å²) in [7, 11) is 4.19. The van der Waals surface area contributed by atoms with Gasteiger partial charge in [-0.2, -0.15) is 0 Å². The van der Waals surface area contributed by atoms with E-state index in [-0.39, 0.29) is 22.6 Å². The van der Waals surface area contributed by atoms with Crippen molar-refractivity contribution in [2.24, 2.45) is 0 Å². The highest BCUT2D eigenvalue weighted by atomic mass is 35.5. The average molecular weight is 405 g/mol. The molecule has 2 atom stereocenters. The third kappa shape index (κ3) is 3.27. The Hall–Kier alpha value is -1.80. The van der Waals surface area contributed by atoms with E-state index in [1.54, 1.807) is 0 Å². The summed E-state index contributed by atoms with van der Waals surface area (Å²) in [4.78, 5) is 23.4. The molecule has 0 bridgehead atoms. The van der Waals surface area contributed by atoms with Gasteiger partial charge in [-0.25, -0.2) is 0 Å². The minimum atomic E-state index is -2.11. The van der Waals surface area contributed by atoms with Crippen LogP contribution in [0.5, 0.6) is 17.2 Å². The van der Waals surface area contributed by atoms with E-state index in [1.807, 2.05) is 0 Å². The number of hydrogen-bond donors (Lipinski definition) is 2. The van der Waals surface area contributed by atoms with Gasteiger partial charge in [-0.05, 0) is 0 Å². The monoisotopic (exact) mass is 404 g/mol. The van der Waals surface area contributed by atoms with Crippen molar-refractivity contribution in [3.63, 3.8) is 0 Å².